The van der Waals surface area contributed by atoms with Crippen molar-refractivity contribution >= 4 is 9.84 Å². The molecule has 1 heterocycles. The molecular formula is C14H21NO3S. The topological polar surface area (TPSA) is 55.4 Å². The number of rotatable bonds is 6. The molecule has 0 spiro atoms. The van der Waals surface area contributed by atoms with Gasteiger partial charge in [-0.3, -0.25) is 0 Å². The maximum atomic E-state index is 12.4. The van der Waals surface area contributed by atoms with Crippen LogP contribution >= 0.6 is 0 Å². The fraction of sp³-hybridized carbons (Fsp3) is 0.571. The predicted molar refractivity (Wildman–Crippen MR) is 74.9 cm³/mol. The molecule has 0 aromatic heterocycles. The summed E-state index contributed by atoms with van der Waals surface area (Å²) in [5.41, 5.74) is 0. The highest BCUT2D eigenvalue weighted by Crippen LogP contribution is 2.20. The first kappa shape index (κ1) is 14.5. The van der Waals surface area contributed by atoms with Crippen LogP contribution in [0.5, 0.6) is 0 Å². The van der Waals surface area contributed by atoms with Gasteiger partial charge in [0.2, 0.25) is 0 Å². The van der Waals surface area contributed by atoms with Crippen LogP contribution < -0.4 is 5.32 Å². The van der Waals surface area contributed by atoms with Gasteiger partial charge in [0.15, 0.2) is 9.84 Å². The van der Waals surface area contributed by atoms with Crippen LogP contribution in [0.15, 0.2) is 35.2 Å². The van der Waals surface area contributed by atoms with Crippen molar-refractivity contribution in [1.29, 1.82) is 0 Å². The summed E-state index contributed by atoms with van der Waals surface area (Å²) in [6.45, 7) is 4.16. The van der Waals surface area contributed by atoms with Crippen LogP contribution in [0, 0.1) is 5.92 Å². The summed E-state index contributed by atoms with van der Waals surface area (Å²) in [5, 5.41) is 3.29. The van der Waals surface area contributed by atoms with E-state index in [0.717, 1.165) is 19.6 Å². The molecule has 0 saturated carbocycles. The Morgan fingerprint density at radius 3 is 2.68 bits per heavy atom. The Morgan fingerprint density at radius 1 is 1.37 bits per heavy atom. The molecule has 1 aliphatic rings. The zero-order valence-corrected chi connectivity index (χ0v) is 12.0. The molecule has 2 unspecified atom stereocenters. The summed E-state index contributed by atoms with van der Waals surface area (Å²) >= 11 is 0. The quantitative estimate of drug-likeness (QED) is 0.859. The molecule has 4 nitrogen and oxygen atoms in total. The van der Waals surface area contributed by atoms with Crippen LogP contribution in [0.3, 0.4) is 0 Å². The molecule has 106 valence electrons. The molecule has 5 heteroatoms. The van der Waals surface area contributed by atoms with Crippen molar-refractivity contribution in [1.82, 2.24) is 5.32 Å². The van der Waals surface area contributed by atoms with Crippen LogP contribution in [-0.4, -0.2) is 40.0 Å². The van der Waals surface area contributed by atoms with Gasteiger partial charge in [0, 0.05) is 18.6 Å². The van der Waals surface area contributed by atoms with Crippen molar-refractivity contribution in [3.05, 3.63) is 30.3 Å². The van der Waals surface area contributed by atoms with Gasteiger partial charge in [0.1, 0.15) is 0 Å². The van der Waals surface area contributed by atoms with Gasteiger partial charge >= 0.3 is 0 Å². The van der Waals surface area contributed by atoms with Gasteiger partial charge in [-0.05, 0) is 25.1 Å². The largest absolute Gasteiger partial charge is 0.381 e. The zero-order valence-electron chi connectivity index (χ0n) is 11.2. The Hall–Kier alpha value is -0.910. The lowest BCUT2D eigenvalue weighted by Gasteiger charge is -2.23. The summed E-state index contributed by atoms with van der Waals surface area (Å²) in [5.74, 6) is 0.428. The fourth-order valence-corrected chi connectivity index (χ4v) is 4.08. The average molecular weight is 283 g/mol. The van der Waals surface area contributed by atoms with Gasteiger partial charge < -0.3 is 10.1 Å². The molecule has 1 aromatic rings. The number of benzene rings is 1. The van der Waals surface area contributed by atoms with Gasteiger partial charge in [0.05, 0.1) is 17.3 Å². The highest BCUT2D eigenvalue weighted by molar-refractivity contribution is 7.91. The minimum Gasteiger partial charge on any atom is -0.381 e. The highest BCUT2D eigenvalue weighted by Gasteiger charge is 2.29. The number of hydrogen-bond acceptors (Lipinski definition) is 4. The molecule has 2 atom stereocenters. The van der Waals surface area contributed by atoms with E-state index in [1.807, 2.05) is 13.0 Å². The molecule has 1 saturated heterocycles. The lowest BCUT2D eigenvalue weighted by Crippen LogP contribution is -2.42. The van der Waals surface area contributed by atoms with Gasteiger partial charge in [-0.15, -0.1) is 0 Å². The first-order valence-electron chi connectivity index (χ1n) is 6.72. The molecular weight excluding hydrogens is 262 g/mol. The minimum absolute atomic E-state index is 0.0299. The second kappa shape index (κ2) is 6.50. The molecule has 0 aliphatic carbocycles. The summed E-state index contributed by atoms with van der Waals surface area (Å²) in [6.07, 6.45) is 0.933. The Kier molecular flexibility index (Phi) is 4.96. The van der Waals surface area contributed by atoms with E-state index in [2.05, 4.69) is 5.32 Å². The molecule has 0 radical (unpaired) electrons. The van der Waals surface area contributed by atoms with E-state index in [-0.39, 0.29) is 11.8 Å². The van der Waals surface area contributed by atoms with Crippen molar-refractivity contribution in [2.75, 3.05) is 25.5 Å². The molecule has 1 N–H and O–H groups in total. The van der Waals surface area contributed by atoms with Crippen LogP contribution in [0.25, 0.3) is 0 Å². The van der Waals surface area contributed by atoms with E-state index in [9.17, 15) is 8.42 Å². The third-order valence-electron chi connectivity index (χ3n) is 3.50. The smallest absolute Gasteiger partial charge is 0.179 e. The Balaban J connectivity index is 2.11. The fourth-order valence-electron chi connectivity index (χ4n) is 2.45. The SMILES string of the molecule is CCNC(CS(=O)(=O)c1ccccc1)C1CCOC1. The van der Waals surface area contributed by atoms with E-state index >= 15 is 0 Å². The minimum atomic E-state index is -3.24. The van der Waals surface area contributed by atoms with Gasteiger partial charge in [0.25, 0.3) is 0 Å². The van der Waals surface area contributed by atoms with Gasteiger partial charge in [-0.1, -0.05) is 25.1 Å². The van der Waals surface area contributed by atoms with Crippen LogP contribution in [0.1, 0.15) is 13.3 Å². The summed E-state index contributed by atoms with van der Waals surface area (Å²) in [4.78, 5) is 0.400. The van der Waals surface area contributed by atoms with Crippen LogP contribution in [0.2, 0.25) is 0 Å². The summed E-state index contributed by atoms with van der Waals surface area (Å²) in [7, 11) is -3.24. The van der Waals surface area contributed by atoms with Crippen LogP contribution in [0.4, 0.5) is 0 Å². The van der Waals surface area contributed by atoms with E-state index < -0.39 is 9.84 Å². The number of sulfone groups is 1. The van der Waals surface area contributed by atoms with E-state index in [1.54, 1.807) is 24.3 Å². The maximum Gasteiger partial charge on any atom is 0.179 e. The van der Waals surface area contributed by atoms with E-state index in [1.165, 1.54) is 0 Å². The van der Waals surface area contributed by atoms with Crippen molar-refractivity contribution in [2.24, 2.45) is 5.92 Å². The molecule has 19 heavy (non-hydrogen) atoms. The molecule has 2 rings (SSSR count). The van der Waals surface area contributed by atoms with Gasteiger partial charge in [-0.2, -0.15) is 0 Å². The Labute approximate surface area is 115 Å². The third-order valence-corrected chi connectivity index (χ3v) is 5.29. The molecule has 1 aliphatic heterocycles. The van der Waals surface area contributed by atoms with Crippen molar-refractivity contribution in [2.45, 2.75) is 24.3 Å². The van der Waals surface area contributed by atoms with E-state index in [4.69, 9.17) is 4.74 Å². The lowest BCUT2D eigenvalue weighted by molar-refractivity contribution is 0.179. The first-order chi connectivity index (χ1) is 9.13. The normalized spacial score (nSPS) is 21.4. The Bertz CT molecular complexity index is 481. The number of hydrogen-bond donors (Lipinski definition) is 1. The molecule has 1 aromatic carbocycles. The monoisotopic (exact) mass is 283 g/mol. The first-order valence-corrected chi connectivity index (χ1v) is 8.37. The maximum absolute atomic E-state index is 12.4. The zero-order chi connectivity index (χ0) is 13.7. The Morgan fingerprint density at radius 2 is 2.11 bits per heavy atom. The lowest BCUT2D eigenvalue weighted by atomic mass is 10.0. The molecule has 0 amide bonds. The highest BCUT2D eigenvalue weighted by atomic mass is 32.2. The van der Waals surface area contributed by atoms with E-state index in [0.29, 0.717) is 17.4 Å². The average Bonchev–Trinajstić information content (AvgIpc) is 2.93. The molecule has 0 bridgehead atoms. The van der Waals surface area contributed by atoms with Crippen LogP contribution in [-0.2, 0) is 14.6 Å². The summed E-state index contributed by atoms with van der Waals surface area (Å²) < 4.78 is 30.2. The predicted octanol–water partition coefficient (Wildman–Crippen LogP) is 1.47. The second-order valence-electron chi connectivity index (χ2n) is 4.88. The second-order valence-corrected chi connectivity index (χ2v) is 6.92. The van der Waals surface area contributed by atoms with Crippen molar-refractivity contribution in [3.8, 4) is 0 Å². The summed E-state index contributed by atoms with van der Waals surface area (Å²) in [6, 6.07) is 8.62. The standard InChI is InChI=1S/C14H21NO3S/c1-2-15-14(12-8-9-18-10-12)11-19(16,17)13-6-4-3-5-7-13/h3-7,12,14-15H,2,8-11H2,1H3. The number of ether oxygens (including phenoxy) is 1. The third kappa shape index (κ3) is 3.78. The van der Waals surface area contributed by atoms with Crippen molar-refractivity contribution < 1.29 is 13.2 Å². The molecule has 1 fully saturated rings. The van der Waals surface area contributed by atoms with Gasteiger partial charge in [-0.25, -0.2) is 8.42 Å². The number of nitrogens with one attached hydrogen (secondary N) is 1. The van der Waals surface area contributed by atoms with Crippen molar-refractivity contribution in [3.63, 3.8) is 0 Å².